The van der Waals surface area contributed by atoms with E-state index in [9.17, 15) is 23.1 Å². The first-order valence-corrected chi connectivity index (χ1v) is 6.76. The fourth-order valence-electron chi connectivity index (χ4n) is 1.79. The Kier molecular flexibility index (Phi) is 5.28. The molecule has 0 saturated carbocycles. The van der Waals surface area contributed by atoms with Crippen LogP contribution in [-0.4, -0.2) is 35.3 Å². The fourth-order valence-corrected chi connectivity index (χ4v) is 1.79. The Morgan fingerprint density at radius 1 is 1.30 bits per heavy atom. The van der Waals surface area contributed by atoms with E-state index in [1.807, 2.05) is 0 Å². The van der Waals surface area contributed by atoms with E-state index in [0.717, 1.165) is 12.1 Å². The fraction of sp³-hybridized carbons (Fsp3) is 0.267. The molecule has 0 fully saturated rings. The van der Waals surface area contributed by atoms with Crippen molar-refractivity contribution in [2.45, 2.75) is 12.3 Å². The van der Waals surface area contributed by atoms with Crippen LogP contribution in [0, 0.1) is 0 Å². The molecule has 1 aromatic carbocycles. The molecule has 1 amide bonds. The number of aromatic nitrogens is 1. The van der Waals surface area contributed by atoms with Crippen molar-refractivity contribution < 1.29 is 27.8 Å². The summed E-state index contributed by atoms with van der Waals surface area (Å²) in [6, 6.07) is 7.59. The summed E-state index contributed by atoms with van der Waals surface area (Å²) in [4.78, 5) is 14.3. The average molecular weight is 328 g/mol. The van der Waals surface area contributed by atoms with Crippen molar-refractivity contribution in [2.75, 3.05) is 13.2 Å². The standard InChI is InChI=1S/C15H15F3N2O3/c16-15(17,18)10-3-1-4-12(7-10)23-9-11(21)8-20-14(22)13-5-2-6-19-13/h1-7,11,19,21H,8-9H2,(H,20,22). The van der Waals surface area contributed by atoms with Gasteiger partial charge in [0.2, 0.25) is 0 Å². The Labute approximate surface area is 130 Å². The molecule has 0 aliphatic heterocycles. The number of alkyl halides is 3. The van der Waals surface area contributed by atoms with Crippen LogP contribution in [0.3, 0.4) is 0 Å². The second-order valence-electron chi connectivity index (χ2n) is 4.78. The third-order valence-corrected chi connectivity index (χ3v) is 2.94. The number of H-pyrrole nitrogens is 1. The van der Waals surface area contributed by atoms with Gasteiger partial charge in [-0.05, 0) is 30.3 Å². The van der Waals surface area contributed by atoms with Gasteiger partial charge in [-0.1, -0.05) is 6.07 Å². The normalized spacial score (nSPS) is 12.7. The molecule has 8 heteroatoms. The van der Waals surface area contributed by atoms with Crippen LogP contribution in [0.15, 0.2) is 42.6 Å². The Morgan fingerprint density at radius 2 is 2.09 bits per heavy atom. The van der Waals surface area contributed by atoms with E-state index in [1.54, 1.807) is 18.3 Å². The molecule has 1 unspecified atom stereocenters. The number of rotatable bonds is 6. The zero-order valence-electron chi connectivity index (χ0n) is 11.9. The maximum atomic E-state index is 12.6. The average Bonchev–Trinajstić information content (AvgIpc) is 3.04. The van der Waals surface area contributed by atoms with E-state index in [0.29, 0.717) is 5.69 Å². The molecule has 1 atom stereocenters. The van der Waals surface area contributed by atoms with Crippen LogP contribution in [-0.2, 0) is 6.18 Å². The number of ether oxygens (including phenoxy) is 1. The van der Waals surface area contributed by atoms with Gasteiger partial charge in [0.25, 0.3) is 5.91 Å². The van der Waals surface area contributed by atoms with Crippen molar-refractivity contribution >= 4 is 5.91 Å². The molecule has 0 radical (unpaired) electrons. The number of benzene rings is 1. The summed E-state index contributed by atoms with van der Waals surface area (Å²) >= 11 is 0. The molecular formula is C15H15F3N2O3. The molecular weight excluding hydrogens is 313 g/mol. The third-order valence-electron chi connectivity index (χ3n) is 2.94. The SMILES string of the molecule is O=C(NCC(O)COc1cccc(C(F)(F)F)c1)c1ccc[nH]1. The minimum absolute atomic E-state index is 0.00503. The lowest BCUT2D eigenvalue weighted by Gasteiger charge is -2.14. The van der Waals surface area contributed by atoms with E-state index in [1.165, 1.54) is 12.1 Å². The first kappa shape index (κ1) is 16.9. The molecule has 1 heterocycles. The maximum absolute atomic E-state index is 12.6. The van der Waals surface area contributed by atoms with E-state index in [4.69, 9.17) is 4.74 Å². The van der Waals surface area contributed by atoms with Crippen molar-refractivity contribution in [1.82, 2.24) is 10.3 Å². The number of amides is 1. The second kappa shape index (κ2) is 7.19. The van der Waals surface area contributed by atoms with Gasteiger partial charge in [0.1, 0.15) is 24.2 Å². The third kappa shape index (κ3) is 5.03. The minimum Gasteiger partial charge on any atom is -0.491 e. The largest absolute Gasteiger partial charge is 0.491 e. The number of aliphatic hydroxyl groups excluding tert-OH is 1. The molecule has 2 aromatic rings. The first-order chi connectivity index (χ1) is 10.9. The predicted octanol–water partition coefficient (Wildman–Crippen LogP) is 2.20. The summed E-state index contributed by atoms with van der Waals surface area (Å²) in [7, 11) is 0. The zero-order valence-corrected chi connectivity index (χ0v) is 11.9. The number of nitrogens with one attached hydrogen (secondary N) is 2. The summed E-state index contributed by atoms with van der Waals surface area (Å²) < 4.78 is 42.8. The number of aromatic amines is 1. The molecule has 124 valence electrons. The Bertz CT molecular complexity index is 642. The van der Waals surface area contributed by atoms with Crippen molar-refractivity contribution in [3.05, 3.63) is 53.9 Å². The summed E-state index contributed by atoms with van der Waals surface area (Å²) in [6.45, 7) is -0.330. The number of aliphatic hydroxyl groups is 1. The van der Waals surface area contributed by atoms with Gasteiger partial charge in [-0.15, -0.1) is 0 Å². The molecule has 0 aliphatic rings. The van der Waals surface area contributed by atoms with Crippen molar-refractivity contribution in [3.63, 3.8) is 0 Å². The van der Waals surface area contributed by atoms with Crippen LogP contribution in [0.5, 0.6) is 5.75 Å². The van der Waals surface area contributed by atoms with Gasteiger partial charge >= 0.3 is 6.18 Å². The zero-order chi connectivity index (χ0) is 16.9. The number of hydrogen-bond acceptors (Lipinski definition) is 3. The molecule has 23 heavy (non-hydrogen) atoms. The number of halogens is 3. The second-order valence-corrected chi connectivity index (χ2v) is 4.78. The summed E-state index contributed by atoms with van der Waals surface area (Å²) in [6.07, 6.45) is -3.92. The van der Waals surface area contributed by atoms with Gasteiger partial charge in [-0.2, -0.15) is 13.2 Å². The Morgan fingerprint density at radius 3 is 2.74 bits per heavy atom. The van der Waals surface area contributed by atoms with Crippen LogP contribution < -0.4 is 10.1 Å². The molecule has 2 rings (SSSR count). The van der Waals surface area contributed by atoms with Gasteiger partial charge in [0, 0.05) is 12.7 Å². The van der Waals surface area contributed by atoms with E-state index < -0.39 is 23.8 Å². The maximum Gasteiger partial charge on any atom is 0.416 e. The highest BCUT2D eigenvalue weighted by Crippen LogP contribution is 2.31. The molecule has 0 saturated heterocycles. The van der Waals surface area contributed by atoms with Gasteiger partial charge in [0.05, 0.1) is 5.56 Å². The molecule has 1 aromatic heterocycles. The number of carbonyl (C=O) groups is 1. The topological polar surface area (TPSA) is 74.3 Å². The Balaban J connectivity index is 1.80. The quantitative estimate of drug-likeness (QED) is 0.761. The van der Waals surface area contributed by atoms with Crippen LogP contribution in [0.2, 0.25) is 0 Å². The van der Waals surface area contributed by atoms with Gasteiger partial charge in [-0.25, -0.2) is 0 Å². The van der Waals surface area contributed by atoms with E-state index in [-0.39, 0.29) is 18.9 Å². The van der Waals surface area contributed by atoms with Crippen molar-refractivity contribution in [3.8, 4) is 5.75 Å². The number of hydrogen-bond donors (Lipinski definition) is 3. The molecule has 0 aliphatic carbocycles. The lowest BCUT2D eigenvalue weighted by molar-refractivity contribution is -0.137. The molecule has 5 nitrogen and oxygen atoms in total. The summed E-state index contributed by atoms with van der Waals surface area (Å²) in [5, 5.41) is 12.2. The van der Waals surface area contributed by atoms with Gasteiger partial charge in [-0.3, -0.25) is 4.79 Å². The van der Waals surface area contributed by atoms with Crippen molar-refractivity contribution in [1.29, 1.82) is 0 Å². The van der Waals surface area contributed by atoms with E-state index >= 15 is 0 Å². The first-order valence-electron chi connectivity index (χ1n) is 6.76. The highest BCUT2D eigenvalue weighted by atomic mass is 19.4. The lowest BCUT2D eigenvalue weighted by atomic mass is 10.2. The van der Waals surface area contributed by atoms with Crippen LogP contribution in [0.4, 0.5) is 13.2 Å². The highest BCUT2D eigenvalue weighted by molar-refractivity contribution is 5.92. The van der Waals surface area contributed by atoms with Gasteiger partial charge < -0.3 is 20.1 Å². The van der Waals surface area contributed by atoms with Crippen LogP contribution in [0.1, 0.15) is 16.1 Å². The number of carbonyl (C=O) groups excluding carboxylic acids is 1. The monoisotopic (exact) mass is 328 g/mol. The van der Waals surface area contributed by atoms with Crippen LogP contribution in [0.25, 0.3) is 0 Å². The molecule has 0 bridgehead atoms. The minimum atomic E-state index is -4.46. The van der Waals surface area contributed by atoms with Crippen LogP contribution >= 0.6 is 0 Å². The summed E-state index contributed by atoms with van der Waals surface area (Å²) in [5.41, 5.74) is -0.486. The van der Waals surface area contributed by atoms with Gasteiger partial charge in [0.15, 0.2) is 0 Å². The smallest absolute Gasteiger partial charge is 0.416 e. The Hall–Kier alpha value is -2.48. The summed E-state index contributed by atoms with van der Waals surface area (Å²) in [5.74, 6) is -0.400. The van der Waals surface area contributed by atoms with Crippen molar-refractivity contribution in [2.24, 2.45) is 0 Å². The highest BCUT2D eigenvalue weighted by Gasteiger charge is 2.30. The van der Waals surface area contributed by atoms with E-state index in [2.05, 4.69) is 10.3 Å². The molecule has 0 spiro atoms. The lowest BCUT2D eigenvalue weighted by Crippen LogP contribution is -2.35. The molecule has 3 N–H and O–H groups in total. The predicted molar refractivity (Wildman–Crippen MR) is 76.1 cm³/mol.